The molecule has 0 atom stereocenters. The van der Waals surface area contributed by atoms with E-state index < -0.39 is 0 Å². The predicted octanol–water partition coefficient (Wildman–Crippen LogP) is 2.09. The molecule has 0 radical (unpaired) electrons. The van der Waals surface area contributed by atoms with Crippen LogP contribution in [0.5, 0.6) is 0 Å². The monoisotopic (exact) mass is 270 g/mol. The zero-order valence-corrected chi connectivity index (χ0v) is 12.2. The van der Waals surface area contributed by atoms with Crippen LogP contribution < -0.4 is 5.73 Å². The fraction of sp³-hybridized carbons (Fsp3) is 0.615. The molecule has 4 nitrogen and oxygen atoms in total. The van der Waals surface area contributed by atoms with Gasteiger partial charge in [0.05, 0.1) is 10.7 Å². The Morgan fingerprint density at radius 1 is 1.22 bits per heavy atom. The molecule has 0 aliphatic carbocycles. The van der Waals surface area contributed by atoms with Crippen LogP contribution in [0.15, 0.2) is 12.1 Å². The third kappa shape index (κ3) is 5.21. The molecule has 5 heteroatoms. The summed E-state index contributed by atoms with van der Waals surface area (Å²) in [5.74, 6) is 0.526. The number of nitrogen functional groups attached to an aromatic ring is 1. The van der Waals surface area contributed by atoms with Crippen LogP contribution in [0.2, 0.25) is 5.02 Å². The number of rotatable bonds is 7. The number of nitrogens with two attached hydrogens (primary N) is 1. The first kappa shape index (κ1) is 15.2. The smallest absolute Gasteiger partial charge is 0.123 e. The Morgan fingerprint density at radius 3 is 2.56 bits per heavy atom. The number of anilines is 1. The third-order valence-electron chi connectivity index (χ3n) is 2.72. The lowest BCUT2D eigenvalue weighted by molar-refractivity contribution is 0.232. The Bertz CT molecular complexity index is 368. The average Bonchev–Trinajstić information content (AvgIpc) is 2.31. The van der Waals surface area contributed by atoms with Crippen molar-refractivity contribution in [2.45, 2.75) is 19.9 Å². The first-order chi connectivity index (χ1) is 8.52. The molecule has 1 aromatic heterocycles. The van der Waals surface area contributed by atoms with Crippen molar-refractivity contribution in [1.29, 1.82) is 0 Å². The summed E-state index contributed by atoms with van der Waals surface area (Å²) in [6.45, 7) is 6.01. The SMILES string of the molecule is CCCN(CCN(C)C)Cc1nc(N)ccc1Cl. The van der Waals surface area contributed by atoms with Gasteiger partial charge in [0.25, 0.3) is 0 Å². The lowest BCUT2D eigenvalue weighted by Crippen LogP contribution is -2.32. The van der Waals surface area contributed by atoms with E-state index in [9.17, 15) is 0 Å². The maximum atomic E-state index is 6.15. The Kier molecular flexibility index (Phi) is 6.39. The summed E-state index contributed by atoms with van der Waals surface area (Å²) in [6.07, 6.45) is 1.12. The second-order valence-corrected chi connectivity index (χ2v) is 5.15. The molecule has 1 heterocycles. The van der Waals surface area contributed by atoms with E-state index in [1.165, 1.54) is 0 Å². The average molecular weight is 271 g/mol. The van der Waals surface area contributed by atoms with Gasteiger partial charge in [-0.25, -0.2) is 4.98 Å². The normalized spacial score (nSPS) is 11.4. The molecular weight excluding hydrogens is 248 g/mol. The van der Waals surface area contributed by atoms with Crippen molar-refractivity contribution in [1.82, 2.24) is 14.8 Å². The van der Waals surface area contributed by atoms with Gasteiger partial charge in [0.1, 0.15) is 5.82 Å². The predicted molar refractivity (Wildman–Crippen MR) is 77.8 cm³/mol. The summed E-state index contributed by atoms with van der Waals surface area (Å²) in [7, 11) is 4.16. The number of hydrogen-bond acceptors (Lipinski definition) is 4. The highest BCUT2D eigenvalue weighted by molar-refractivity contribution is 6.31. The van der Waals surface area contributed by atoms with Crippen LogP contribution in [0.4, 0.5) is 5.82 Å². The van der Waals surface area contributed by atoms with Crippen molar-refractivity contribution < 1.29 is 0 Å². The maximum absolute atomic E-state index is 6.15. The summed E-state index contributed by atoms with van der Waals surface area (Å²) >= 11 is 6.15. The Labute approximate surface area is 115 Å². The molecular formula is C13H23ClN4. The van der Waals surface area contributed by atoms with E-state index in [0.29, 0.717) is 10.8 Å². The van der Waals surface area contributed by atoms with Crippen molar-refractivity contribution in [3.05, 3.63) is 22.8 Å². The van der Waals surface area contributed by atoms with Crippen molar-refractivity contribution in [2.24, 2.45) is 0 Å². The first-order valence-electron chi connectivity index (χ1n) is 6.31. The van der Waals surface area contributed by atoms with E-state index in [1.807, 2.05) is 6.07 Å². The van der Waals surface area contributed by atoms with Crippen molar-refractivity contribution >= 4 is 17.4 Å². The molecule has 0 aliphatic heterocycles. The van der Waals surface area contributed by atoms with E-state index in [1.54, 1.807) is 6.07 Å². The van der Waals surface area contributed by atoms with Gasteiger partial charge in [0.15, 0.2) is 0 Å². The zero-order valence-electron chi connectivity index (χ0n) is 11.5. The lowest BCUT2D eigenvalue weighted by atomic mass is 10.3. The molecule has 0 aliphatic rings. The molecule has 0 bridgehead atoms. The van der Waals surface area contributed by atoms with Crippen LogP contribution in [-0.2, 0) is 6.54 Å². The van der Waals surface area contributed by atoms with Crippen LogP contribution in [0.25, 0.3) is 0 Å². The van der Waals surface area contributed by atoms with E-state index in [-0.39, 0.29) is 0 Å². The summed E-state index contributed by atoms with van der Waals surface area (Å²) in [6, 6.07) is 3.55. The molecule has 1 rings (SSSR count). The molecule has 0 saturated heterocycles. The van der Waals surface area contributed by atoms with Gasteiger partial charge in [-0.05, 0) is 39.2 Å². The minimum Gasteiger partial charge on any atom is -0.384 e. The van der Waals surface area contributed by atoms with E-state index in [2.05, 4.69) is 35.8 Å². The van der Waals surface area contributed by atoms with Crippen molar-refractivity contribution in [3.8, 4) is 0 Å². The van der Waals surface area contributed by atoms with Crippen LogP contribution in [0.1, 0.15) is 19.0 Å². The van der Waals surface area contributed by atoms with Gasteiger partial charge < -0.3 is 10.6 Å². The molecule has 0 amide bonds. The van der Waals surface area contributed by atoms with Gasteiger partial charge in [-0.2, -0.15) is 0 Å². The highest BCUT2D eigenvalue weighted by Crippen LogP contribution is 2.17. The van der Waals surface area contributed by atoms with Gasteiger partial charge in [0, 0.05) is 19.6 Å². The Morgan fingerprint density at radius 2 is 1.94 bits per heavy atom. The summed E-state index contributed by atoms with van der Waals surface area (Å²) < 4.78 is 0. The molecule has 0 fully saturated rings. The largest absolute Gasteiger partial charge is 0.384 e. The second kappa shape index (κ2) is 7.56. The summed E-state index contributed by atoms with van der Waals surface area (Å²) in [5.41, 5.74) is 6.57. The van der Waals surface area contributed by atoms with Crippen LogP contribution in [0, 0.1) is 0 Å². The highest BCUT2D eigenvalue weighted by atomic mass is 35.5. The van der Waals surface area contributed by atoms with Crippen molar-refractivity contribution in [3.63, 3.8) is 0 Å². The van der Waals surface area contributed by atoms with E-state index in [4.69, 9.17) is 17.3 Å². The maximum Gasteiger partial charge on any atom is 0.123 e. The van der Waals surface area contributed by atoms with Crippen LogP contribution in [-0.4, -0.2) is 48.5 Å². The lowest BCUT2D eigenvalue weighted by Gasteiger charge is -2.23. The second-order valence-electron chi connectivity index (χ2n) is 4.74. The molecule has 0 aromatic carbocycles. The fourth-order valence-corrected chi connectivity index (χ4v) is 1.92. The molecule has 1 aromatic rings. The molecule has 102 valence electrons. The minimum absolute atomic E-state index is 0.526. The molecule has 18 heavy (non-hydrogen) atoms. The third-order valence-corrected chi connectivity index (χ3v) is 3.06. The van der Waals surface area contributed by atoms with Gasteiger partial charge in [-0.15, -0.1) is 0 Å². The minimum atomic E-state index is 0.526. The first-order valence-corrected chi connectivity index (χ1v) is 6.68. The van der Waals surface area contributed by atoms with Gasteiger partial charge in [0.2, 0.25) is 0 Å². The number of hydrogen-bond donors (Lipinski definition) is 1. The van der Waals surface area contributed by atoms with Gasteiger partial charge >= 0.3 is 0 Å². The van der Waals surface area contributed by atoms with Crippen LogP contribution >= 0.6 is 11.6 Å². The van der Waals surface area contributed by atoms with Crippen molar-refractivity contribution in [2.75, 3.05) is 39.5 Å². The van der Waals surface area contributed by atoms with E-state index >= 15 is 0 Å². The molecule has 0 saturated carbocycles. The molecule has 0 spiro atoms. The van der Waals surface area contributed by atoms with Gasteiger partial charge in [-0.1, -0.05) is 18.5 Å². The number of halogens is 1. The quantitative estimate of drug-likeness (QED) is 0.824. The number of nitrogens with zero attached hydrogens (tertiary/aromatic N) is 3. The summed E-state index contributed by atoms with van der Waals surface area (Å²) in [4.78, 5) is 8.84. The Balaban J connectivity index is 2.66. The summed E-state index contributed by atoms with van der Waals surface area (Å²) in [5, 5.41) is 0.690. The van der Waals surface area contributed by atoms with E-state index in [0.717, 1.165) is 38.3 Å². The number of aromatic nitrogens is 1. The van der Waals surface area contributed by atoms with Gasteiger partial charge in [-0.3, -0.25) is 4.90 Å². The number of pyridine rings is 1. The fourth-order valence-electron chi connectivity index (χ4n) is 1.75. The molecule has 0 unspecified atom stereocenters. The Hall–Kier alpha value is -0.840. The topological polar surface area (TPSA) is 45.4 Å². The zero-order chi connectivity index (χ0) is 13.5. The highest BCUT2D eigenvalue weighted by Gasteiger charge is 2.10. The number of likely N-dealkylation sites (N-methyl/N-ethyl adjacent to an activating group) is 1. The van der Waals surface area contributed by atoms with Crippen LogP contribution in [0.3, 0.4) is 0 Å². The molecule has 2 N–H and O–H groups in total. The standard InChI is InChI=1S/C13H23ClN4/c1-4-7-18(9-8-17(2)3)10-12-11(14)5-6-13(15)16-12/h5-6H,4,7-10H2,1-3H3,(H2,15,16).